The molecule has 0 radical (unpaired) electrons. The van der Waals surface area contributed by atoms with Crippen LogP contribution in [0.1, 0.15) is 19.4 Å². The predicted molar refractivity (Wildman–Crippen MR) is 64.0 cm³/mol. The molecule has 0 saturated carbocycles. The number of halogens is 2. The van der Waals surface area contributed by atoms with Crippen LogP contribution in [0.3, 0.4) is 0 Å². The van der Waals surface area contributed by atoms with Crippen LogP contribution in [0.5, 0.6) is 5.75 Å². The lowest BCUT2D eigenvalue weighted by atomic mass is 10.1. The Kier molecular flexibility index (Phi) is 5.53. The van der Waals surface area contributed by atoms with Gasteiger partial charge in [0.25, 0.3) is 0 Å². The van der Waals surface area contributed by atoms with Crippen molar-refractivity contribution in [3.8, 4) is 11.8 Å². The van der Waals surface area contributed by atoms with Crippen molar-refractivity contribution < 1.29 is 13.5 Å². The first-order chi connectivity index (χ1) is 8.54. The zero-order chi connectivity index (χ0) is 13.5. The molecule has 0 atom stereocenters. The van der Waals surface area contributed by atoms with E-state index in [2.05, 4.69) is 10.1 Å². The maximum Gasteiger partial charge on any atom is 0.192 e. The molecule has 0 aromatic heterocycles. The lowest BCUT2D eigenvalue weighted by Gasteiger charge is -2.10. The molecule has 0 aliphatic carbocycles. The Morgan fingerprint density at radius 3 is 2.44 bits per heavy atom. The lowest BCUT2D eigenvalue weighted by molar-refractivity contribution is 0.324. The van der Waals surface area contributed by atoms with E-state index in [0.717, 1.165) is 6.54 Å². The van der Waals surface area contributed by atoms with Gasteiger partial charge < -0.3 is 10.1 Å². The van der Waals surface area contributed by atoms with Gasteiger partial charge in [-0.2, -0.15) is 5.26 Å². The van der Waals surface area contributed by atoms with Gasteiger partial charge in [-0.1, -0.05) is 13.8 Å². The molecule has 98 valence electrons. The van der Waals surface area contributed by atoms with Crippen LogP contribution in [-0.4, -0.2) is 13.2 Å². The largest absolute Gasteiger partial charge is 0.473 e. The first kappa shape index (κ1) is 14.4. The van der Waals surface area contributed by atoms with Crippen molar-refractivity contribution >= 4 is 0 Å². The molecule has 0 amide bonds. The van der Waals surface area contributed by atoms with Crippen molar-refractivity contribution in [2.45, 2.75) is 20.4 Å². The minimum Gasteiger partial charge on any atom is -0.473 e. The Bertz CT molecular complexity index is 418. The van der Waals surface area contributed by atoms with Crippen molar-refractivity contribution in [1.82, 2.24) is 5.32 Å². The normalized spacial score (nSPS) is 10.4. The highest BCUT2D eigenvalue weighted by Gasteiger charge is 2.12. The van der Waals surface area contributed by atoms with Crippen molar-refractivity contribution in [3.63, 3.8) is 0 Å². The van der Waals surface area contributed by atoms with Crippen LogP contribution in [-0.2, 0) is 6.54 Å². The first-order valence-corrected chi connectivity index (χ1v) is 5.73. The second kappa shape index (κ2) is 6.92. The molecule has 18 heavy (non-hydrogen) atoms. The molecule has 0 unspecified atom stereocenters. The Morgan fingerprint density at radius 2 is 1.94 bits per heavy atom. The van der Waals surface area contributed by atoms with Crippen LogP contribution in [0.15, 0.2) is 12.1 Å². The number of nitrogens with zero attached hydrogens (tertiary/aromatic N) is 1. The minimum atomic E-state index is -0.786. The summed E-state index contributed by atoms with van der Waals surface area (Å²) in [4.78, 5) is 0. The maximum absolute atomic E-state index is 13.5. The summed E-state index contributed by atoms with van der Waals surface area (Å²) in [6.07, 6.45) is 0. The van der Waals surface area contributed by atoms with Gasteiger partial charge in [0.2, 0.25) is 0 Å². The summed E-state index contributed by atoms with van der Waals surface area (Å²) < 4.78 is 31.7. The van der Waals surface area contributed by atoms with Gasteiger partial charge in [0.1, 0.15) is 6.07 Å². The van der Waals surface area contributed by atoms with Crippen molar-refractivity contribution in [2.24, 2.45) is 5.92 Å². The number of hydrogen-bond acceptors (Lipinski definition) is 3. The van der Waals surface area contributed by atoms with E-state index in [1.165, 1.54) is 12.1 Å². The molecule has 0 heterocycles. The van der Waals surface area contributed by atoms with E-state index in [4.69, 9.17) is 5.26 Å². The van der Waals surface area contributed by atoms with Crippen LogP contribution in [0, 0.1) is 28.9 Å². The lowest BCUT2D eigenvalue weighted by Crippen LogP contribution is -2.19. The van der Waals surface area contributed by atoms with Crippen LogP contribution < -0.4 is 10.1 Å². The molecule has 0 aliphatic rings. The van der Waals surface area contributed by atoms with Gasteiger partial charge in [-0.25, -0.2) is 8.78 Å². The van der Waals surface area contributed by atoms with Gasteiger partial charge in [0.15, 0.2) is 24.0 Å². The third-order valence-corrected chi connectivity index (χ3v) is 2.22. The van der Waals surface area contributed by atoms with Crippen molar-refractivity contribution in [3.05, 3.63) is 29.3 Å². The highest BCUT2D eigenvalue weighted by molar-refractivity contribution is 5.31. The number of nitriles is 1. The number of benzene rings is 1. The van der Waals surface area contributed by atoms with Gasteiger partial charge in [0.05, 0.1) is 0 Å². The van der Waals surface area contributed by atoms with E-state index in [-0.39, 0.29) is 6.61 Å². The van der Waals surface area contributed by atoms with Crippen LogP contribution >= 0.6 is 0 Å². The van der Waals surface area contributed by atoms with E-state index in [1.807, 2.05) is 13.8 Å². The number of rotatable bonds is 6. The minimum absolute atomic E-state index is 0.376. The standard InChI is InChI=1S/C13H16F2N2O/c1-9(2)7-17-8-10-5-11(14)13(12(15)6-10)18-4-3-16/h5-6,9,17H,4,7-8H2,1-2H3. The fourth-order valence-corrected chi connectivity index (χ4v) is 1.46. The van der Waals surface area contributed by atoms with Crippen LogP contribution in [0.25, 0.3) is 0 Å². The summed E-state index contributed by atoms with van der Waals surface area (Å²) in [7, 11) is 0. The SMILES string of the molecule is CC(C)CNCc1cc(F)c(OCC#N)c(F)c1. The summed E-state index contributed by atoms with van der Waals surface area (Å²) >= 11 is 0. The van der Waals surface area contributed by atoms with E-state index in [9.17, 15) is 8.78 Å². The highest BCUT2D eigenvalue weighted by Crippen LogP contribution is 2.23. The molecule has 3 nitrogen and oxygen atoms in total. The van der Waals surface area contributed by atoms with Crippen LogP contribution in [0.4, 0.5) is 8.78 Å². The Hall–Kier alpha value is -1.67. The molecule has 1 rings (SSSR count). The topological polar surface area (TPSA) is 45.0 Å². The summed E-state index contributed by atoms with van der Waals surface area (Å²) in [6.45, 7) is 4.89. The third-order valence-electron chi connectivity index (χ3n) is 2.22. The Morgan fingerprint density at radius 1 is 1.33 bits per heavy atom. The molecule has 1 aromatic carbocycles. The molecule has 1 N–H and O–H groups in total. The van der Waals surface area contributed by atoms with Gasteiger partial charge in [-0.15, -0.1) is 0 Å². The summed E-state index contributed by atoms with van der Waals surface area (Å²) in [5, 5.41) is 11.4. The molecule has 0 bridgehead atoms. The monoisotopic (exact) mass is 254 g/mol. The van der Waals surface area contributed by atoms with E-state index < -0.39 is 17.4 Å². The molecular formula is C13H16F2N2O. The van der Waals surface area contributed by atoms with Gasteiger partial charge in [-0.3, -0.25) is 0 Å². The molecule has 0 saturated heterocycles. The summed E-state index contributed by atoms with van der Waals surface area (Å²) in [5.74, 6) is -1.60. The van der Waals surface area contributed by atoms with Gasteiger partial charge in [-0.05, 0) is 30.2 Å². The van der Waals surface area contributed by atoms with Crippen molar-refractivity contribution in [1.29, 1.82) is 5.26 Å². The Balaban J connectivity index is 2.70. The number of ether oxygens (including phenoxy) is 1. The van der Waals surface area contributed by atoms with E-state index in [0.29, 0.717) is 18.0 Å². The Labute approximate surface area is 105 Å². The molecule has 1 aromatic rings. The van der Waals surface area contributed by atoms with Gasteiger partial charge >= 0.3 is 0 Å². The number of nitrogens with one attached hydrogen (secondary N) is 1. The maximum atomic E-state index is 13.5. The second-order valence-electron chi connectivity index (χ2n) is 4.36. The molecule has 0 aliphatic heterocycles. The quantitative estimate of drug-likeness (QED) is 0.848. The molecular weight excluding hydrogens is 238 g/mol. The fraction of sp³-hybridized carbons (Fsp3) is 0.462. The molecule has 0 fully saturated rings. The average Bonchev–Trinajstić information content (AvgIpc) is 2.27. The first-order valence-electron chi connectivity index (χ1n) is 5.73. The zero-order valence-electron chi connectivity index (χ0n) is 10.5. The second-order valence-corrected chi connectivity index (χ2v) is 4.36. The van der Waals surface area contributed by atoms with Gasteiger partial charge in [0, 0.05) is 6.54 Å². The van der Waals surface area contributed by atoms with Crippen molar-refractivity contribution in [2.75, 3.05) is 13.2 Å². The average molecular weight is 254 g/mol. The van der Waals surface area contributed by atoms with E-state index in [1.54, 1.807) is 6.07 Å². The zero-order valence-corrected chi connectivity index (χ0v) is 10.5. The number of hydrogen-bond donors (Lipinski definition) is 1. The fourth-order valence-electron chi connectivity index (χ4n) is 1.46. The molecule has 0 spiro atoms. The summed E-state index contributed by atoms with van der Waals surface area (Å²) in [5.41, 5.74) is 0.509. The summed E-state index contributed by atoms with van der Waals surface area (Å²) in [6, 6.07) is 4.09. The smallest absolute Gasteiger partial charge is 0.192 e. The predicted octanol–water partition coefficient (Wildman–Crippen LogP) is 2.61. The third kappa shape index (κ3) is 4.30. The van der Waals surface area contributed by atoms with E-state index >= 15 is 0 Å². The van der Waals surface area contributed by atoms with Crippen LogP contribution in [0.2, 0.25) is 0 Å². The molecule has 5 heteroatoms. The highest BCUT2D eigenvalue weighted by atomic mass is 19.1.